The molecule has 2 aromatic rings. The quantitative estimate of drug-likeness (QED) is 0.840. The van der Waals surface area contributed by atoms with Crippen molar-refractivity contribution in [1.82, 2.24) is 9.88 Å². The second kappa shape index (κ2) is 8.23. The second-order valence-corrected chi connectivity index (χ2v) is 5.59. The smallest absolute Gasteiger partial charge is 0.274 e. The van der Waals surface area contributed by atoms with Crippen molar-refractivity contribution >= 4 is 17.5 Å². The van der Waals surface area contributed by atoms with E-state index in [2.05, 4.69) is 10.6 Å². The third-order valence-electron chi connectivity index (χ3n) is 3.67. The van der Waals surface area contributed by atoms with Gasteiger partial charge in [-0.25, -0.2) is 4.39 Å². The first kappa shape index (κ1) is 18.4. The first-order valence-corrected chi connectivity index (χ1v) is 7.92. The average molecular weight is 345 g/mol. The van der Waals surface area contributed by atoms with Crippen molar-refractivity contribution in [3.8, 4) is 0 Å². The summed E-state index contributed by atoms with van der Waals surface area (Å²) in [6.07, 6.45) is 0.251. The van der Waals surface area contributed by atoms with Crippen LogP contribution in [-0.4, -0.2) is 16.4 Å². The highest BCUT2D eigenvalue weighted by molar-refractivity contribution is 5.90. The lowest BCUT2D eigenvalue weighted by Crippen LogP contribution is -2.34. The molecule has 0 saturated carbocycles. The number of aryl methyl sites for hydroxylation is 1. The van der Waals surface area contributed by atoms with Gasteiger partial charge in [-0.3, -0.25) is 14.4 Å². The number of rotatable bonds is 6. The third kappa shape index (κ3) is 5.00. The van der Waals surface area contributed by atoms with Crippen molar-refractivity contribution in [3.05, 3.63) is 63.8 Å². The van der Waals surface area contributed by atoms with Crippen molar-refractivity contribution in [2.24, 2.45) is 0 Å². The molecule has 0 bridgehead atoms. The molecule has 2 N–H and O–H groups in total. The van der Waals surface area contributed by atoms with E-state index in [-0.39, 0.29) is 42.8 Å². The lowest BCUT2D eigenvalue weighted by molar-refractivity contribution is -0.122. The number of carbonyl (C=O) groups excluding carboxylic acids is 2. The van der Waals surface area contributed by atoms with Gasteiger partial charge in [0.05, 0.1) is 0 Å². The highest BCUT2D eigenvalue weighted by atomic mass is 19.1. The predicted octanol–water partition coefficient (Wildman–Crippen LogP) is 1.96. The highest BCUT2D eigenvalue weighted by Crippen LogP contribution is 2.05. The van der Waals surface area contributed by atoms with Gasteiger partial charge in [-0.05, 0) is 36.8 Å². The van der Waals surface area contributed by atoms with Crippen LogP contribution in [0, 0.1) is 12.7 Å². The maximum Gasteiger partial charge on any atom is 0.274 e. The number of carbonyl (C=O) groups is 2. The van der Waals surface area contributed by atoms with Gasteiger partial charge in [-0.1, -0.05) is 19.1 Å². The Hall–Kier alpha value is -2.96. The van der Waals surface area contributed by atoms with Crippen molar-refractivity contribution in [2.75, 3.05) is 5.32 Å². The van der Waals surface area contributed by atoms with Gasteiger partial charge in [0.25, 0.3) is 5.56 Å². The number of nitrogens with one attached hydrogen (secondary N) is 2. The third-order valence-corrected chi connectivity index (χ3v) is 3.67. The molecule has 0 aliphatic heterocycles. The molecule has 2 amide bonds. The molecular weight excluding hydrogens is 325 g/mol. The summed E-state index contributed by atoms with van der Waals surface area (Å²) in [5, 5.41) is 5.17. The summed E-state index contributed by atoms with van der Waals surface area (Å²) in [5.74, 6) is -1.03. The molecule has 25 heavy (non-hydrogen) atoms. The molecule has 0 aliphatic carbocycles. The minimum atomic E-state index is -0.442. The number of anilines is 1. The van der Waals surface area contributed by atoms with Crippen LogP contribution < -0.4 is 16.2 Å². The summed E-state index contributed by atoms with van der Waals surface area (Å²) in [6, 6.07) is 9.09. The van der Waals surface area contributed by atoms with Crippen LogP contribution in [0.4, 0.5) is 10.1 Å². The molecule has 1 heterocycles. The molecule has 132 valence electrons. The molecule has 1 aromatic heterocycles. The van der Waals surface area contributed by atoms with E-state index in [0.29, 0.717) is 11.3 Å². The van der Waals surface area contributed by atoms with E-state index >= 15 is 0 Å². The van der Waals surface area contributed by atoms with E-state index in [9.17, 15) is 18.8 Å². The van der Waals surface area contributed by atoms with Gasteiger partial charge in [0.15, 0.2) is 0 Å². The molecule has 0 fully saturated rings. The van der Waals surface area contributed by atoms with Gasteiger partial charge in [0.1, 0.15) is 18.0 Å². The molecule has 1 aromatic carbocycles. The van der Waals surface area contributed by atoms with Crippen molar-refractivity contribution < 1.29 is 14.0 Å². The number of nitrogens with zero attached hydrogens (tertiary/aromatic N) is 1. The van der Waals surface area contributed by atoms with Crippen LogP contribution in [0.5, 0.6) is 0 Å². The summed E-state index contributed by atoms with van der Waals surface area (Å²) in [5.41, 5.74) is 0.917. The fraction of sp³-hybridized carbons (Fsp3) is 0.278. The molecule has 2 rings (SSSR count). The van der Waals surface area contributed by atoms with Crippen LogP contribution >= 0.6 is 0 Å². The fourth-order valence-corrected chi connectivity index (χ4v) is 2.25. The van der Waals surface area contributed by atoms with Crippen LogP contribution in [0.25, 0.3) is 0 Å². The van der Waals surface area contributed by atoms with Crippen LogP contribution in [0.3, 0.4) is 0 Å². The molecule has 7 heteroatoms. The molecule has 0 spiro atoms. The van der Waals surface area contributed by atoms with Crippen LogP contribution in [-0.2, 0) is 22.7 Å². The Bertz CT molecular complexity index is 846. The first-order valence-electron chi connectivity index (χ1n) is 7.92. The fourth-order valence-electron chi connectivity index (χ4n) is 2.25. The monoisotopic (exact) mass is 345 g/mol. The number of halogens is 1. The number of aromatic nitrogens is 1. The van der Waals surface area contributed by atoms with Gasteiger partial charge in [0.2, 0.25) is 11.8 Å². The Morgan fingerprint density at radius 1 is 1.16 bits per heavy atom. The van der Waals surface area contributed by atoms with Crippen molar-refractivity contribution in [2.45, 2.75) is 33.4 Å². The van der Waals surface area contributed by atoms with Crippen molar-refractivity contribution in [1.29, 1.82) is 0 Å². The summed E-state index contributed by atoms with van der Waals surface area (Å²) < 4.78 is 14.4. The minimum Gasteiger partial charge on any atom is -0.350 e. The van der Waals surface area contributed by atoms with Gasteiger partial charge in [-0.2, -0.15) is 0 Å². The summed E-state index contributed by atoms with van der Waals surface area (Å²) in [7, 11) is 0. The normalized spacial score (nSPS) is 10.4. The second-order valence-electron chi connectivity index (χ2n) is 5.59. The maximum absolute atomic E-state index is 13.1. The summed E-state index contributed by atoms with van der Waals surface area (Å²) in [6.45, 7) is 3.36. The molecule has 0 aliphatic rings. The average Bonchev–Trinajstić information content (AvgIpc) is 2.59. The van der Waals surface area contributed by atoms with E-state index in [1.54, 1.807) is 32.0 Å². The first-order chi connectivity index (χ1) is 11.9. The Labute approximate surface area is 144 Å². The lowest BCUT2D eigenvalue weighted by atomic mass is 10.2. The van der Waals surface area contributed by atoms with E-state index in [1.165, 1.54) is 22.8 Å². The Balaban J connectivity index is 2.08. The van der Waals surface area contributed by atoms with E-state index < -0.39 is 5.56 Å². The van der Waals surface area contributed by atoms with Gasteiger partial charge in [-0.15, -0.1) is 0 Å². The number of benzene rings is 1. The Kier molecular flexibility index (Phi) is 6.05. The number of amides is 2. The van der Waals surface area contributed by atoms with Gasteiger partial charge < -0.3 is 15.2 Å². The molecule has 0 saturated heterocycles. The van der Waals surface area contributed by atoms with Crippen LogP contribution in [0.2, 0.25) is 0 Å². The molecule has 0 atom stereocenters. The molecule has 6 nitrogen and oxygen atoms in total. The zero-order valence-corrected chi connectivity index (χ0v) is 14.1. The topological polar surface area (TPSA) is 80.2 Å². The van der Waals surface area contributed by atoms with E-state index in [4.69, 9.17) is 0 Å². The van der Waals surface area contributed by atoms with E-state index in [1.807, 2.05) is 0 Å². The van der Waals surface area contributed by atoms with Crippen molar-refractivity contribution in [3.63, 3.8) is 0 Å². The molecule has 0 unspecified atom stereocenters. The number of pyridine rings is 1. The lowest BCUT2D eigenvalue weighted by Gasteiger charge is -2.12. The zero-order chi connectivity index (χ0) is 18.4. The van der Waals surface area contributed by atoms with Gasteiger partial charge >= 0.3 is 0 Å². The van der Waals surface area contributed by atoms with Crippen LogP contribution in [0.1, 0.15) is 24.6 Å². The largest absolute Gasteiger partial charge is 0.350 e. The molecular formula is C18H20FN3O3. The highest BCUT2D eigenvalue weighted by Gasteiger charge is 2.11. The van der Waals surface area contributed by atoms with E-state index in [0.717, 1.165) is 0 Å². The summed E-state index contributed by atoms with van der Waals surface area (Å²) >= 11 is 0. The SMILES string of the molecule is CCC(=O)Nc1ccc(C)n(CC(=O)NCc2cccc(F)c2)c1=O. The maximum atomic E-state index is 13.1. The minimum absolute atomic E-state index is 0.135. The Morgan fingerprint density at radius 3 is 2.60 bits per heavy atom. The number of hydrogen-bond acceptors (Lipinski definition) is 3. The zero-order valence-electron chi connectivity index (χ0n) is 14.1. The number of hydrogen-bond donors (Lipinski definition) is 2. The van der Waals surface area contributed by atoms with Crippen LogP contribution in [0.15, 0.2) is 41.2 Å². The Morgan fingerprint density at radius 2 is 1.92 bits per heavy atom. The van der Waals surface area contributed by atoms with Gasteiger partial charge in [0, 0.05) is 18.7 Å². The molecule has 0 radical (unpaired) electrons. The standard InChI is InChI=1S/C18H20FN3O3/c1-3-16(23)21-15-8-7-12(2)22(18(15)25)11-17(24)20-10-13-5-4-6-14(19)9-13/h4-9H,3,10-11H2,1-2H3,(H,20,24)(H,21,23). The predicted molar refractivity (Wildman–Crippen MR) is 92.6 cm³/mol. The summed E-state index contributed by atoms with van der Waals surface area (Å²) in [4.78, 5) is 36.0.